The normalized spacial score (nSPS) is 12.4. The smallest absolute Gasteiger partial charge is 0.335 e. The van der Waals surface area contributed by atoms with Crippen LogP contribution >= 0.6 is 0 Å². The molecule has 1 rings (SSSR count). The molecule has 1 atom stereocenters. The second-order valence-corrected chi connectivity index (χ2v) is 3.57. The van der Waals surface area contributed by atoms with Crippen molar-refractivity contribution in [2.24, 2.45) is 0 Å². The van der Waals surface area contributed by atoms with Crippen LogP contribution in [0.1, 0.15) is 28.9 Å². The minimum atomic E-state index is -0.973. The summed E-state index contributed by atoms with van der Waals surface area (Å²) in [5.41, 5.74) is 0.901. The first kappa shape index (κ1) is 12.6. The Hall–Kier alpha value is -1.46. The van der Waals surface area contributed by atoms with Gasteiger partial charge in [0.15, 0.2) is 0 Å². The van der Waals surface area contributed by atoms with Gasteiger partial charge in [0.2, 0.25) is 0 Å². The lowest BCUT2D eigenvalue weighted by molar-refractivity contribution is 0.0696. The molecule has 0 bridgehead atoms. The highest BCUT2D eigenvalue weighted by Gasteiger charge is 2.05. The van der Waals surface area contributed by atoms with Crippen molar-refractivity contribution < 1.29 is 20.1 Å². The number of aliphatic hydroxyl groups excluding tert-OH is 2. The van der Waals surface area contributed by atoms with E-state index in [-0.39, 0.29) is 12.2 Å². The van der Waals surface area contributed by atoms with E-state index in [0.717, 1.165) is 0 Å². The zero-order valence-electron chi connectivity index (χ0n) is 8.83. The average Bonchev–Trinajstić information content (AvgIpc) is 2.29. The molecule has 0 aliphatic carbocycles. The standard InChI is InChI=1S/C11H15NO4/c13-7-10(14)3-1-2-9-6-8(11(15)16)4-5-12-9/h4-6,10,13-14H,1-3,7H2,(H,15,16)/t10-/m1/s1. The van der Waals surface area contributed by atoms with Crippen LogP contribution in [0.15, 0.2) is 18.3 Å². The Balaban J connectivity index is 2.48. The van der Waals surface area contributed by atoms with Gasteiger partial charge in [-0.25, -0.2) is 4.79 Å². The quantitative estimate of drug-likeness (QED) is 0.654. The molecule has 0 saturated heterocycles. The predicted molar refractivity (Wildman–Crippen MR) is 57.2 cm³/mol. The van der Waals surface area contributed by atoms with E-state index in [9.17, 15) is 4.79 Å². The van der Waals surface area contributed by atoms with E-state index in [1.54, 1.807) is 0 Å². The van der Waals surface area contributed by atoms with Gasteiger partial charge >= 0.3 is 5.97 Å². The summed E-state index contributed by atoms with van der Waals surface area (Å²) in [6.45, 7) is -0.247. The molecular formula is C11H15NO4. The molecule has 0 fully saturated rings. The van der Waals surface area contributed by atoms with Gasteiger partial charge in [-0.2, -0.15) is 0 Å². The lowest BCUT2D eigenvalue weighted by Crippen LogP contribution is -2.11. The van der Waals surface area contributed by atoms with Crippen molar-refractivity contribution in [1.29, 1.82) is 0 Å². The Kier molecular flexibility index (Phi) is 4.88. The molecule has 1 aromatic heterocycles. The van der Waals surface area contributed by atoms with E-state index in [4.69, 9.17) is 15.3 Å². The molecular weight excluding hydrogens is 210 g/mol. The molecule has 0 aliphatic rings. The van der Waals surface area contributed by atoms with Gasteiger partial charge in [-0.15, -0.1) is 0 Å². The van der Waals surface area contributed by atoms with Crippen LogP contribution in [0.25, 0.3) is 0 Å². The number of carbonyl (C=O) groups is 1. The maximum atomic E-state index is 10.7. The number of pyridine rings is 1. The fourth-order valence-electron chi connectivity index (χ4n) is 1.36. The van der Waals surface area contributed by atoms with E-state index in [1.807, 2.05) is 0 Å². The summed E-state index contributed by atoms with van der Waals surface area (Å²) in [6.07, 6.45) is 2.50. The molecule has 3 N–H and O–H groups in total. The van der Waals surface area contributed by atoms with Gasteiger partial charge in [-0.3, -0.25) is 4.98 Å². The van der Waals surface area contributed by atoms with Crippen LogP contribution in [0, 0.1) is 0 Å². The van der Waals surface area contributed by atoms with Gasteiger partial charge in [-0.05, 0) is 31.4 Å². The van der Waals surface area contributed by atoms with Crippen LogP contribution in [0.5, 0.6) is 0 Å². The van der Waals surface area contributed by atoms with E-state index in [0.29, 0.717) is 25.0 Å². The molecule has 0 aliphatic heterocycles. The Morgan fingerprint density at radius 1 is 1.50 bits per heavy atom. The number of hydrogen-bond donors (Lipinski definition) is 3. The number of rotatable bonds is 6. The monoisotopic (exact) mass is 225 g/mol. The molecule has 5 nitrogen and oxygen atoms in total. The van der Waals surface area contributed by atoms with Crippen LogP contribution in [0.2, 0.25) is 0 Å². The molecule has 1 aromatic rings. The van der Waals surface area contributed by atoms with Crippen molar-refractivity contribution in [3.05, 3.63) is 29.6 Å². The highest BCUT2D eigenvalue weighted by Crippen LogP contribution is 2.07. The largest absolute Gasteiger partial charge is 0.478 e. The van der Waals surface area contributed by atoms with Crippen molar-refractivity contribution in [3.63, 3.8) is 0 Å². The zero-order valence-corrected chi connectivity index (χ0v) is 8.83. The first-order chi connectivity index (χ1) is 7.63. The highest BCUT2D eigenvalue weighted by atomic mass is 16.4. The topological polar surface area (TPSA) is 90.7 Å². The van der Waals surface area contributed by atoms with Gasteiger partial charge in [0.1, 0.15) is 0 Å². The minimum Gasteiger partial charge on any atom is -0.478 e. The maximum absolute atomic E-state index is 10.7. The van der Waals surface area contributed by atoms with Crippen LogP contribution < -0.4 is 0 Å². The third kappa shape index (κ3) is 3.96. The summed E-state index contributed by atoms with van der Waals surface area (Å²) in [7, 11) is 0. The first-order valence-electron chi connectivity index (χ1n) is 5.10. The number of aromatic nitrogens is 1. The molecule has 16 heavy (non-hydrogen) atoms. The van der Waals surface area contributed by atoms with Gasteiger partial charge in [0.05, 0.1) is 18.3 Å². The van der Waals surface area contributed by atoms with Crippen molar-refractivity contribution in [2.45, 2.75) is 25.4 Å². The van der Waals surface area contributed by atoms with Crippen LogP contribution in [-0.2, 0) is 6.42 Å². The number of aromatic carboxylic acids is 1. The minimum absolute atomic E-state index is 0.215. The number of hydrogen-bond acceptors (Lipinski definition) is 4. The van der Waals surface area contributed by atoms with Gasteiger partial charge < -0.3 is 15.3 Å². The fraction of sp³-hybridized carbons (Fsp3) is 0.455. The van der Waals surface area contributed by atoms with Gasteiger partial charge in [-0.1, -0.05) is 0 Å². The summed E-state index contributed by atoms with van der Waals surface area (Å²) in [4.78, 5) is 14.7. The molecule has 88 valence electrons. The molecule has 0 amide bonds. The Bertz CT molecular complexity index is 354. The predicted octanol–water partition coefficient (Wildman–Crippen LogP) is 0.456. The summed E-state index contributed by atoms with van der Waals surface area (Å²) in [6, 6.07) is 2.96. The third-order valence-corrected chi connectivity index (χ3v) is 2.24. The molecule has 0 spiro atoms. The van der Waals surface area contributed by atoms with Crippen molar-refractivity contribution in [2.75, 3.05) is 6.61 Å². The molecule has 1 heterocycles. The fourth-order valence-corrected chi connectivity index (χ4v) is 1.36. The van der Waals surface area contributed by atoms with Gasteiger partial charge in [0, 0.05) is 11.9 Å². The van der Waals surface area contributed by atoms with Gasteiger partial charge in [0.25, 0.3) is 0 Å². The Morgan fingerprint density at radius 2 is 2.25 bits per heavy atom. The third-order valence-electron chi connectivity index (χ3n) is 2.24. The van der Waals surface area contributed by atoms with Crippen molar-refractivity contribution in [1.82, 2.24) is 4.98 Å². The lowest BCUT2D eigenvalue weighted by atomic mass is 10.1. The van der Waals surface area contributed by atoms with Crippen LogP contribution in [0.4, 0.5) is 0 Å². The lowest BCUT2D eigenvalue weighted by Gasteiger charge is -2.06. The Labute approximate surface area is 93.4 Å². The number of aliphatic hydroxyl groups is 2. The number of carboxylic acids is 1. The van der Waals surface area contributed by atoms with E-state index in [1.165, 1.54) is 18.3 Å². The SMILES string of the molecule is O=C(O)c1ccnc(CCC[C@@H](O)CO)c1. The summed E-state index contributed by atoms with van der Waals surface area (Å²) >= 11 is 0. The highest BCUT2D eigenvalue weighted by molar-refractivity contribution is 5.87. The second-order valence-electron chi connectivity index (χ2n) is 3.57. The molecule has 5 heteroatoms. The van der Waals surface area contributed by atoms with Crippen molar-refractivity contribution >= 4 is 5.97 Å². The molecule has 0 unspecified atom stereocenters. The Morgan fingerprint density at radius 3 is 2.88 bits per heavy atom. The number of carboxylic acid groups (broad SMARTS) is 1. The summed E-state index contributed by atoms with van der Waals surface area (Å²) in [5, 5.41) is 26.5. The van der Waals surface area contributed by atoms with E-state index >= 15 is 0 Å². The van der Waals surface area contributed by atoms with Crippen molar-refractivity contribution in [3.8, 4) is 0 Å². The summed E-state index contributed by atoms with van der Waals surface area (Å²) < 4.78 is 0. The molecule has 0 radical (unpaired) electrons. The van der Waals surface area contributed by atoms with Crippen LogP contribution in [0.3, 0.4) is 0 Å². The maximum Gasteiger partial charge on any atom is 0.335 e. The average molecular weight is 225 g/mol. The number of nitrogens with zero attached hydrogens (tertiary/aromatic N) is 1. The molecule has 0 aromatic carbocycles. The molecule has 0 saturated carbocycles. The summed E-state index contributed by atoms with van der Waals surface area (Å²) in [5.74, 6) is -0.973. The van der Waals surface area contributed by atoms with E-state index < -0.39 is 12.1 Å². The zero-order chi connectivity index (χ0) is 12.0. The van der Waals surface area contributed by atoms with Crippen LogP contribution in [-0.4, -0.2) is 39.0 Å². The van der Waals surface area contributed by atoms with E-state index in [2.05, 4.69) is 4.98 Å². The number of aryl methyl sites for hydroxylation is 1. The first-order valence-corrected chi connectivity index (χ1v) is 5.10. The second kappa shape index (κ2) is 6.19.